The molecule has 0 aliphatic heterocycles. The van der Waals surface area contributed by atoms with E-state index in [0.29, 0.717) is 11.3 Å². The SMILES string of the molecule is Cc1ccc(N)c(C(=O)N[C@H](C)c2ccccc2)c1. The van der Waals surface area contributed by atoms with Crippen molar-refractivity contribution >= 4 is 11.6 Å². The minimum absolute atomic E-state index is 0.0476. The summed E-state index contributed by atoms with van der Waals surface area (Å²) >= 11 is 0. The van der Waals surface area contributed by atoms with E-state index in [1.807, 2.05) is 56.3 Å². The van der Waals surface area contributed by atoms with Gasteiger partial charge in [-0.3, -0.25) is 4.79 Å². The van der Waals surface area contributed by atoms with Crippen molar-refractivity contribution in [1.29, 1.82) is 0 Å². The van der Waals surface area contributed by atoms with Crippen molar-refractivity contribution in [2.45, 2.75) is 19.9 Å². The van der Waals surface area contributed by atoms with Gasteiger partial charge in [-0.25, -0.2) is 0 Å². The Hall–Kier alpha value is -2.29. The van der Waals surface area contributed by atoms with Gasteiger partial charge in [0.25, 0.3) is 5.91 Å². The molecule has 0 aliphatic carbocycles. The highest BCUT2D eigenvalue weighted by Gasteiger charge is 2.13. The van der Waals surface area contributed by atoms with Crippen LogP contribution in [0, 0.1) is 6.92 Å². The second-order valence-corrected chi connectivity index (χ2v) is 4.70. The summed E-state index contributed by atoms with van der Waals surface area (Å²) in [6.45, 7) is 3.90. The summed E-state index contributed by atoms with van der Waals surface area (Å²) in [7, 11) is 0. The Labute approximate surface area is 113 Å². The van der Waals surface area contributed by atoms with Crippen LogP contribution in [0.2, 0.25) is 0 Å². The molecular formula is C16H18N2O. The Morgan fingerprint density at radius 1 is 1.16 bits per heavy atom. The van der Waals surface area contributed by atoms with E-state index in [1.54, 1.807) is 6.07 Å². The fourth-order valence-electron chi connectivity index (χ4n) is 1.97. The number of anilines is 1. The van der Waals surface area contributed by atoms with Crippen molar-refractivity contribution < 1.29 is 4.79 Å². The van der Waals surface area contributed by atoms with Crippen molar-refractivity contribution in [2.75, 3.05) is 5.73 Å². The van der Waals surface area contributed by atoms with E-state index in [1.165, 1.54) is 0 Å². The van der Waals surface area contributed by atoms with E-state index in [-0.39, 0.29) is 11.9 Å². The first-order valence-corrected chi connectivity index (χ1v) is 6.30. The Kier molecular flexibility index (Phi) is 3.85. The van der Waals surface area contributed by atoms with Crippen molar-refractivity contribution in [2.24, 2.45) is 0 Å². The molecule has 0 aromatic heterocycles. The molecule has 1 atom stereocenters. The second-order valence-electron chi connectivity index (χ2n) is 4.70. The monoisotopic (exact) mass is 254 g/mol. The van der Waals surface area contributed by atoms with Crippen molar-refractivity contribution in [3.05, 3.63) is 65.2 Å². The maximum Gasteiger partial charge on any atom is 0.253 e. The molecule has 2 rings (SSSR count). The molecule has 0 saturated carbocycles. The number of carbonyl (C=O) groups excluding carboxylic acids is 1. The fraction of sp³-hybridized carbons (Fsp3) is 0.188. The predicted molar refractivity (Wildman–Crippen MR) is 77.9 cm³/mol. The third-order valence-electron chi connectivity index (χ3n) is 3.10. The number of amides is 1. The molecule has 98 valence electrons. The molecule has 3 N–H and O–H groups in total. The van der Waals surface area contributed by atoms with Crippen LogP contribution >= 0.6 is 0 Å². The third kappa shape index (κ3) is 3.13. The summed E-state index contributed by atoms with van der Waals surface area (Å²) in [6.07, 6.45) is 0. The van der Waals surface area contributed by atoms with Crippen LogP contribution in [0.4, 0.5) is 5.69 Å². The van der Waals surface area contributed by atoms with Crippen LogP contribution in [0.1, 0.15) is 34.5 Å². The fourth-order valence-corrected chi connectivity index (χ4v) is 1.97. The van der Waals surface area contributed by atoms with E-state index in [0.717, 1.165) is 11.1 Å². The lowest BCUT2D eigenvalue weighted by atomic mass is 10.1. The van der Waals surface area contributed by atoms with Gasteiger partial charge >= 0.3 is 0 Å². The van der Waals surface area contributed by atoms with Crippen LogP contribution in [0.25, 0.3) is 0 Å². The molecule has 3 nitrogen and oxygen atoms in total. The molecule has 0 aliphatic rings. The summed E-state index contributed by atoms with van der Waals surface area (Å²) in [5, 5.41) is 2.96. The second kappa shape index (κ2) is 5.57. The van der Waals surface area contributed by atoms with Gasteiger partial charge in [-0.05, 0) is 31.5 Å². The topological polar surface area (TPSA) is 55.1 Å². The summed E-state index contributed by atoms with van der Waals surface area (Å²) in [4.78, 5) is 12.2. The molecule has 0 heterocycles. The molecule has 0 saturated heterocycles. The Bertz CT molecular complexity index is 579. The number of nitrogen functional groups attached to an aromatic ring is 1. The van der Waals surface area contributed by atoms with Gasteiger partial charge in [0.15, 0.2) is 0 Å². The largest absolute Gasteiger partial charge is 0.398 e. The van der Waals surface area contributed by atoms with Crippen LogP contribution < -0.4 is 11.1 Å². The average molecular weight is 254 g/mol. The molecule has 0 bridgehead atoms. The normalized spacial score (nSPS) is 11.9. The zero-order chi connectivity index (χ0) is 13.8. The molecular weight excluding hydrogens is 236 g/mol. The van der Waals surface area contributed by atoms with E-state index >= 15 is 0 Å². The highest BCUT2D eigenvalue weighted by atomic mass is 16.1. The lowest BCUT2D eigenvalue weighted by molar-refractivity contribution is 0.0940. The first kappa shape index (κ1) is 13.1. The molecule has 1 amide bonds. The third-order valence-corrected chi connectivity index (χ3v) is 3.10. The average Bonchev–Trinajstić information content (AvgIpc) is 2.42. The smallest absolute Gasteiger partial charge is 0.253 e. The highest BCUT2D eigenvalue weighted by molar-refractivity contribution is 5.99. The Morgan fingerprint density at radius 3 is 2.53 bits per heavy atom. The zero-order valence-electron chi connectivity index (χ0n) is 11.2. The molecule has 0 spiro atoms. The quantitative estimate of drug-likeness (QED) is 0.827. The van der Waals surface area contributed by atoms with Gasteiger partial charge in [-0.2, -0.15) is 0 Å². The van der Waals surface area contributed by atoms with Gasteiger partial charge in [0, 0.05) is 5.69 Å². The predicted octanol–water partition coefficient (Wildman–Crippen LogP) is 3.07. The van der Waals surface area contributed by atoms with Gasteiger partial charge in [0.2, 0.25) is 0 Å². The first-order chi connectivity index (χ1) is 9.08. The van der Waals surface area contributed by atoms with Crippen molar-refractivity contribution in [3.8, 4) is 0 Å². The first-order valence-electron chi connectivity index (χ1n) is 6.30. The summed E-state index contributed by atoms with van der Waals surface area (Å²) in [5.74, 6) is -0.141. The number of rotatable bonds is 3. The van der Waals surface area contributed by atoms with Crippen LogP contribution in [-0.4, -0.2) is 5.91 Å². The number of nitrogens with two attached hydrogens (primary N) is 1. The molecule has 0 unspecified atom stereocenters. The standard InChI is InChI=1S/C16H18N2O/c1-11-8-9-15(17)14(10-11)16(19)18-12(2)13-6-4-3-5-7-13/h3-10,12H,17H2,1-2H3,(H,18,19)/t12-/m1/s1. The number of nitrogens with one attached hydrogen (secondary N) is 1. The van der Waals surface area contributed by atoms with Crippen LogP contribution in [-0.2, 0) is 0 Å². The van der Waals surface area contributed by atoms with Crippen molar-refractivity contribution in [1.82, 2.24) is 5.32 Å². The van der Waals surface area contributed by atoms with Crippen LogP contribution in [0.5, 0.6) is 0 Å². The van der Waals surface area contributed by atoms with Crippen LogP contribution in [0.15, 0.2) is 48.5 Å². The van der Waals surface area contributed by atoms with E-state index < -0.39 is 0 Å². The minimum Gasteiger partial charge on any atom is -0.398 e. The summed E-state index contributed by atoms with van der Waals surface area (Å²) in [6, 6.07) is 15.3. The highest BCUT2D eigenvalue weighted by Crippen LogP contribution is 2.16. The number of hydrogen-bond acceptors (Lipinski definition) is 2. The number of benzene rings is 2. The lowest BCUT2D eigenvalue weighted by Gasteiger charge is -2.15. The lowest BCUT2D eigenvalue weighted by Crippen LogP contribution is -2.27. The van der Waals surface area contributed by atoms with Crippen LogP contribution in [0.3, 0.4) is 0 Å². The van der Waals surface area contributed by atoms with Gasteiger partial charge < -0.3 is 11.1 Å². The molecule has 0 radical (unpaired) electrons. The minimum atomic E-state index is -0.141. The number of hydrogen-bond donors (Lipinski definition) is 2. The molecule has 3 heteroatoms. The summed E-state index contributed by atoms with van der Waals surface area (Å²) in [5.41, 5.74) is 8.97. The Balaban J connectivity index is 2.15. The summed E-state index contributed by atoms with van der Waals surface area (Å²) < 4.78 is 0. The van der Waals surface area contributed by atoms with E-state index in [9.17, 15) is 4.79 Å². The van der Waals surface area contributed by atoms with E-state index in [2.05, 4.69) is 5.32 Å². The molecule has 19 heavy (non-hydrogen) atoms. The van der Waals surface area contributed by atoms with Gasteiger partial charge in [0.1, 0.15) is 0 Å². The van der Waals surface area contributed by atoms with Gasteiger partial charge in [0.05, 0.1) is 11.6 Å². The zero-order valence-corrected chi connectivity index (χ0v) is 11.2. The van der Waals surface area contributed by atoms with Gasteiger partial charge in [-0.15, -0.1) is 0 Å². The maximum atomic E-state index is 12.2. The van der Waals surface area contributed by atoms with E-state index in [4.69, 9.17) is 5.73 Å². The Morgan fingerprint density at radius 2 is 1.84 bits per heavy atom. The van der Waals surface area contributed by atoms with Gasteiger partial charge in [-0.1, -0.05) is 42.0 Å². The number of aryl methyl sites for hydroxylation is 1. The molecule has 0 fully saturated rings. The molecule has 2 aromatic rings. The molecule has 2 aromatic carbocycles. The van der Waals surface area contributed by atoms with Crippen molar-refractivity contribution in [3.63, 3.8) is 0 Å². The maximum absolute atomic E-state index is 12.2. The number of carbonyl (C=O) groups is 1.